The smallest absolute Gasteiger partial charge is 0.429 e. The Labute approximate surface area is 178 Å². The fraction of sp³-hybridized carbons (Fsp3) is 0.375. The third kappa shape index (κ3) is 5.25. The van der Waals surface area contributed by atoms with E-state index >= 15 is 0 Å². The molecule has 0 atom stereocenters. The normalized spacial score (nSPS) is 19.4. The Bertz CT molecular complexity index is 981. The molecule has 0 spiro atoms. The predicted molar refractivity (Wildman–Crippen MR) is 106 cm³/mol. The molecule has 7 heteroatoms. The molecule has 2 nitrogen and oxygen atoms in total. The minimum absolute atomic E-state index is 0.0890. The van der Waals surface area contributed by atoms with Crippen molar-refractivity contribution in [1.29, 1.82) is 5.26 Å². The fourth-order valence-electron chi connectivity index (χ4n) is 3.91. The first-order valence-corrected chi connectivity index (χ1v) is 10.2. The van der Waals surface area contributed by atoms with E-state index in [-0.39, 0.29) is 5.92 Å². The Morgan fingerprint density at radius 2 is 1.68 bits per heavy atom. The SMILES string of the molecule is CCC=C[C@H]1CC[C@H](c2ccc(C(F)(F)Oc3cc(F)c(C#N)c(F)c3)c(F)c2)CC1. The molecule has 0 aliphatic heterocycles. The summed E-state index contributed by atoms with van der Waals surface area (Å²) in [5.41, 5.74) is -1.29. The number of halogens is 5. The topological polar surface area (TPSA) is 33.0 Å². The van der Waals surface area contributed by atoms with Crippen molar-refractivity contribution in [2.24, 2.45) is 5.92 Å². The van der Waals surface area contributed by atoms with E-state index in [4.69, 9.17) is 5.26 Å². The van der Waals surface area contributed by atoms with Gasteiger partial charge in [-0.15, -0.1) is 0 Å². The van der Waals surface area contributed by atoms with E-state index < -0.39 is 40.4 Å². The van der Waals surface area contributed by atoms with Gasteiger partial charge in [0.15, 0.2) is 0 Å². The van der Waals surface area contributed by atoms with Crippen molar-refractivity contribution in [3.8, 4) is 11.8 Å². The highest BCUT2D eigenvalue weighted by Gasteiger charge is 2.38. The van der Waals surface area contributed by atoms with Crippen LogP contribution in [0.25, 0.3) is 0 Å². The summed E-state index contributed by atoms with van der Waals surface area (Å²) in [7, 11) is 0. The average Bonchev–Trinajstić information content (AvgIpc) is 2.72. The summed E-state index contributed by atoms with van der Waals surface area (Å²) in [5.74, 6) is -4.09. The molecule has 0 aromatic heterocycles. The van der Waals surface area contributed by atoms with Crippen LogP contribution < -0.4 is 4.74 Å². The molecule has 0 unspecified atom stereocenters. The van der Waals surface area contributed by atoms with E-state index in [0.29, 0.717) is 23.6 Å². The zero-order valence-corrected chi connectivity index (χ0v) is 17.0. The monoisotopic (exact) mass is 435 g/mol. The van der Waals surface area contributed by atoms with Gasteiger partial charge in [0.1, 0.15) is 34.8 Å². The van der Waals surface area contributed by atoms with Crippen molar-refractivity contribution in [1.82, 2.24) is 0 Å². The molecule has 0 saturated heterocycles. The number of nitrogens with zero attached hydrogens (tertiary/aromatic N) is 1. The van der Waals surface area contributed by atoms with Crippen LogP contribution in [-0.2, 0) is 6.11 Å². The predicted octanol–water partition coefficient (Wildman–Crippen LogP) is 7.34. The first kappa shape index (κ1) is 22.8. The quantitative estimate of drug-likeness (QED) is 0.351. The molecule has 1 saturated carbocycles. The van der Waals surface area contributed by atoms with Crippen LogP contribution in [0.2, 0.25) is 0 Å². The Hall–Kier alpha value is -2.88. The summed E-state index contributed by atoms with van der Waals surface area (Å²) in [6, 6.07) is 5.70. The van der Waals surface area contributed by atoms with Gasteiger partial charge in [0.05, 0.1) is 5.56 Å². The second-order valence-electron chi connectivity index (χ2n) is 7.68. The maximum Gasteiger partial charge on any atom is 0.429 e. The number of rotatable bonds is 6. The maximum atomic E-state index is 14.6. The lowest BCUT2D eigenvalue weighted by molar-refractivity contribution is -0.187. The van der Waals surface area contributed by atoms with Crippen LogP contribution in [0.15, 0.2) is 42.5 Å². The summed E-state index contributed by atoms with van der Waals surface area (Å²) >= 11 is 0. The molecule has 2 aromatic carbocycles. The molecule has 1 fully saturated rings. The van der Waals surface area contributed by atoms with Gasteiger partial charge in [-0.05, 0) is 61.6 Å². The van der Waals surface area contributed by atoms with Crippen molar-refractivity contribution in [3.63, 3.8) is 0 Å². The minimum Gasteiger partial charge on any atom is -0.429 e. The van der Waals surface area contributed by atoms with Crippen LogP contribution >= 0.6 is 0 Å². The molecule has 1 aliphatic rings. The third-order valence-corrected chi connectivity index (χ3v) is 5.57. The Kier molecular flexibility index (Phi) is 6.99. The highest BCUT2D eigenvalue weighted by Crippen LogP contribution is 2.39. The Balaban J connectivity index is 1.75. The fourth-order valence-corrected chi connectivity index (χ4v) is 3.91. The van der Waals surface area contributed by atoms with Crippen molar-refractivity contribution in [2.45, 2.75) is 51.1 Å². The number of hydrogen-bond donors (Lipinski definition) is 0. The van der Waals surface area contributed by atoms with E-state index in [9.17, 15) is 22.0 Å². The van der Waals surface area contributed by atoms with Crippen LogP contribution in [-0.4, -0.2) is 0 Å². The van der Waals surface area contributed by atoms with Crippen LogP contribution in [0.3, 0.4) is 0 Å². The zero-order chi connectivity index (χ0) is 22.6. The minimum atomic E-state index is -4.15. The molecule has 0 amide bonds. The first-order valence-electron chi connectivity index (χ1n) is 10.2. The molecule has 0 N–H and O–H groups in total. The summed E-state index contributed by atoms with van der Waals surface area (Å²) in [5, 5.41) is 8.65. The van der Waals surface area contributed by atoms with Crippen molar-refractivity contribution in [2.75, 3.05) is 0 Å². The lowest BCUT2D eigenvalue weighted by Crippen LogP contribution is -2.24. The maximum absolute atomic E-state index is 14.6. The highest BCUT2D eigenvalue weighted by molar-refractivity contribution is 5.38. The number of allylic oxidation sites excluding steroid dienone is 2. The largest absolute Gasteiger partial charge is 0.429 e. The summed E-state index contributed by atoms with van der Waals surface area (Å²) in [4.78, 5) is 0. The second-order valence-corrected chi connectivity index (χ2v) is 7.68. The molecule has 164 valence electrons. The Morgan fingerprint density at radius 3 is 2.23 bits per heavy atom. The summed E-state index contributed by atoms with van der Waals surface area (Å²) in [6.45, 7) is 2.07. The number of alkyl halides is 2. The lowest BCUT2D eigenvalue weighted by atomic mass is 9.78. The summed E-state index contributed by atoms with van der Waals surface area (Å²) < 4.78 is 75.3. The molecule has 1 aliphatic carbocycles. The van der Waals surface area contributed by atoms with E-state index in [0.717, 1.165) is 44.2 Å². The molecule has 0 heterocycles. The van der Waals surface area contributed by atoms with E-state index in [1.807, 2.05) is 0 Å². The number of ether oxygens (including phenoxy) is 1. The van der Waals surface area contributed by atoms with Crippen LogP contribution in [0.4, 0.5) is 22.0 Å². The molecule has 31 heavy (non-hydrogen) atoms. The molecular formula is C24H22F5NO. The molecule has 0 radical (unpaired) electrons. The van der Waals surface area contributed by atoms with E-state index in [2.05, 4.69) is 23.8 Å². The van der Waals surface area contributed by atoms with Gasteiger partial charge in [0.25, 0.3) is 0 Å². The number of nitriles is 1. The molecule has 3 rings (SSSR count). The van der Waals surface area contributed by atoms with Crippen LogP contribution in [0.5, 0.6) is 5.75 Å². The Morgan fingerprint density at radius 1 is 1.03 bits per heavy atom. The highest BCUT2D eigenvalue weighted by atomic mass is 19.3. The van der Waals surface area contributed by atoms with Gasteiger partial charge >= 0.3 is 6.11 Å². The zero-order valence-electron chi connectivity index (χ0n) is 17.0. The molecular weight excluding hydrogens is 413 g/mol. The van der Waals surface area contributed by atoms with Gasteiger partial charge in [-0.3, -0.25) is 0 Å². The van der Waals surface area contributed by atoms with Gasteiger partial charge in [-0.2, -0.15) is 14.0 Å². The van der Waals surface area contributed by atoms with Crippen molar-refractivity contribution < 1.29 is 26.7 Å². The van der Waals surface area contributed by atoms with Gasteiger partial charge in [-0.1, -0.05) is 25.1 Å². The van der Waals surface area contributed by atoms with E-state index in [1.165, 1.54) is 12.1 Å². The van der Waals surface area contributed by atoms with Gasteiger partial charge in [0, 0.05) is 12.1 Å². The summed E-state index contributed by atoms with van der Waals surface area (Å²) in [6.07, 6.45) is 4.75. The lowest BCUT2D eigenvalue weighted by Gasteiger charge is -2.27. The van der Waals surface area contributed by atoms with Gasteiger partial charge in [-0.25, -0.2) is 13.2 Å². The standard InChI is InChI=1S/C24H22F5NO/c1-2-3-4-15-5-7-16(8-6-15)17-9-10-20(23(27)11-17)24(28,29)31-18-12-21(25)19(14-30)22(26)13-18/h3-4,9-13,15-16H,2,5-8H2,1H3/t15-,16-. The van der Waals surface area contributed by atoms with Gasteiger partial charge < -0.3 is 4.74 Å². The number of hydrogen-bond acceptors (Lipinski definition) is 2. The van der Waals surface area contributed by atoms with Crippen molar-refractivity contribution >= 4 is 0 Å². The van der Waals surface area contributed by atoms with Crippen LogP contribution in [0.1, 0.15) is 61.6 Å². The second kappa shape index (κ2) is 9.51. The first-order chi connectivity index (χ1) is 14.7. The average molecular weight is 435 g/mol. The van der Waals surface area contributed by atoms with Gasteiger partial charge in [0.2, 0.25) is 0 Å². The molecule has 0 bridgehead atoms. The van der Waals surface area contributed by atoms with Crippen molar-refractivity contribution in [3.05, 3.63) is 76.6 Å². The number of benzene rings is 2. The van der Waals surface area contributed by atoms with E-state index in [1.54, 1.807) is 0 Å². The van der Waals surface area contributed by atoms with Crippen LogP contribution in [0, 0.1) is 34.7 Å². The molecule has 2 aromatic rings. The third-order valence-electron chi connectivity index (χ3n) is 5.57.